The van der Waals surface area contributed by atoms with Gasteiger partial charge in [-0.05, 0) is 36.8 Å². The molecule has 0 saturated carbocycles. The van der Waals surface area contributed by atoms with Crippen LogP contribution < -0.4 is 10.1 Å². The molecule has 2 aromatic rings. The highest BCUT2D eigenvalue weighted by atomic mass is 16.5. The highest BCUT2D eigenvalue weighted by molar-refractivity contribution is 5.94. The molecule has 0 unspecified atom stereocenters. The Hall–Kier alpha value is -2.33. The third-order valence-corrected chi connectivity index (χ3v) is 3.12. The molecule has 2 rings (SSSR count). The first kappa shape index (κ1) is 15.1. The minimum Gasteiger partial charge on any atom is -0.494 e. The van der Waals surface area contributed by atoms with Gasteiger partial charge in [-0.15, -0.1) is 0 Å². The van der Waals surface area contributed by atoms with Crippen LogP contribution in [0, 0.1) is 0 Å². The molecule has 110 valence electrons. The fraction of sp³-hybridized carbons (Fsp3) is 0.235. The Morgan fingerprint density at radius 2 is 1.81 bits per heavy atom. The van der Waals surface area contributed by atoms with Gasteiger partial charge in [0.1, 0.15) is 5.75 Å². The van der Waals surface area contributed by atoms with Gasteiger partial charge in [0.2, 0.25) is 0 Å². The summed E-state index contributed by atoms with van der Waals surface area (Å²) in [5, 5.41) is 12.3. The van der Waals surface area contributed by atoms with Crippen LogP contribution in [-0.2, 0) is 0 Å². The van der Waals surface area contributed by atoms with E-state index in [0.29, 0.717) is 12.2 Å². The number of amides is 1. The molecular weight excluding hydrogens is 266 g/mol. The fourth-order valence-corrected chi connectivity index (χ4v) is 2.03. The first-order valence-electron chi connectivity index (χ1n) is 6.94. The van der Waals surface area contributed by atoms with E-state index in [9.17, 15) is 9.90 Å². The zero-order chi connectivity index (χ0) is 15.1. The van der Waals surface area contributed by atoms with Gasteiger partial charge in [0.15, 0.2) is 0 Å². The lowest BCUT2D eigenvalue weighted by atomic mass is 10.1. The molecule has 0 bridgehead atoms. The Morgan fingerprint density at radius 3 is 2.38 bits per heavy atom. The lowest BCUT2D eigenvalue weighted by Crippen LogP contribution is -2.30. The predicted octanol–water partition coefficient (Wildman–Crippen LogP) is 2.55. The molecule has 0 aliphatic rings. The van der Waals surface area contributed by atoms with Gasteiger partial charge in [-0.2, -0.15) is 0 Å². The highest BCUT2D eigenvalue weighted by Gasteiger charge is 2.14. The first-order chi connectivity index (χ1) is 10.2. The maximum absolute atomic E-state index is 12.2. The van der Waals surface area contributed by atoms with Gasteiger partial charge in [0.25, 0.3) is 5.91 Å². The number of hydrogen-bond donors (Lipinski definition) is 2. The van der Waals surface area contributed by atoms with Crippen LogP contribution in [0.25, 0.3) is 0 Å². The average Bonchev–Trinajstić information content (AvgIpc) is 2.54. The summed E-state index contributed by atoms with van der Waals surface area (Å²) in [4.78, 5) is 12.2. The topological polar surface area (TPSA) is 58.6 Å². The molecular formula is C17H19NO3. The maximum atomic E-state index is 12.2. The minimum absolute atomic E-state index is 0.146. The van der Waals surface area contributed by atoms with E-state index in [1.54, 1.807) is 24.3 Å². The number of ether oxygens (including phenoxy) is 1. The molecule has 2 aromatic carbocycles. The molecule has 0 radical (unpaired) electrons. The second kappa shape index (κ2) is 7.45. The molecule has 0 aliphatic carbocycles. The second-order valence-corrected chi connectivity index (χ2v) is 4.58. The molecule has 21 heavy (non-hydrogen) atoms. The molecule has 0 aromatic heterocycles. The van der Waals surface area contributed by atoms with E-state index in [-0.39, 0.29) is 12.5 Å². The highest BCUT2D eigenvalue weighted by Crippen LogP contribution is 2.15. The van der Waals surface area contributed by atoms with Crippen molar-refractivity contribution in [2.75, 3.05) is 13.2 Å². The van der Waals surface area contributed by atoms with Gasteiger partial charge < -0.3 is 15.2 Å². The largest absolute Gasteiger partial charge is 0.494 e. The smallest absolute Gasteiger partial charge is 0.251 e. The van der Waals surface area contributed by atoms with E-state index in [1.165, 1.54) is 0 Å². The van der Waals surface area contributed by atoms with Crippen molar-refractivity contribution in [1.29, 1.82) is 0 Å². The van der Waals surface area contributed by atoms with Gasteiger partial charge in [0.05, 0.1) is 19.3 Å². The molecule has 0 spiro atoms. The van der Waals surface area contributed by atoms with Crippen molar-refractivity contribution in [1.82, 2.24) is 5.32 Å². The minimum atomic E-state index is -0.412. The summed E-state index contributed by atoms with van der Waals surface area (Å²) in [6.45, 7) is 2.35. The van der Waals surface area contributed by atoms with Crippen LogP contribution in [-0.4, -0.2) is 24.2 Å². The van der Waals surface area contributed by atoms with Crippen molar-refractivity contribution in [2.24, 2.45) is 0 Å². The summed E-state index contributed by atoms with van der Waals surface area (Å²) in [5.41, 5.74) is 1.41. The van der Waals surface area contributed by atoms with Crippen molar-refractivity contribution >= 4 is 5.91 Å². The van der Waals surface area contributed by atoms with Crippen molar-refractivity contribution in [3.05, 3.63) is 65.7 Å². The summed E-state index contributed by atoms with van der Waals surface area (Å²) in [7, 11) is 0. The Morgan fingerprint density at radius 1 is 1.14 bits per heavy atom. The Balaban J connectivity index is 2.05. The Bertz CT molecular complexity index is 566. The predicted molar refractivity (Wildman–Crippen MR) is 81.3 cm³/mol. The normalized spacial score (nSPS) is 11.7. The van der Waals surface area contributed by atoms with Gasteiger partial charge in [-0.25, -0.2) is 0 Å². The van der Waals surface area contributed by atoms with Gasteiger partial charge in [0, 0.05) is 5.56 Å². The van der Waals surface area contributed by atoms with Crippen LogP contribution in [0.4, 0.5) is 0 Å². The zero-order valence-electron chi connectivity index (χ0n) is 12.0. The summed E-state index contributed by atoms with van der Waals surface area (Å²) >= 11 is 0. The number of aliphatic hydroxyl groups excluding tert-OH is 1. The first-order valence-corrected chi connectivity index (χ1v) is 6.94. The van der Waals surface area contributed by atoms with Crippen LogP contribution in [0.5, 0.6) is 5.75 Å². The molecule has 0 saturated heterocycles. The van der Waals surface area contributed by atoms with E-state index in [0.717, 1.165) is 11.3 Å². The van der Waals surface area contributed by atoms with Gasteiger partial charge in [-0.3, -0.25) is 4.79 Å². The fourth-order valence-electron chi connectivity index (χ4n) is 2.03. The number of benzene rings is 2. The van der Waals surface area contributed by atoms with Crippen molar-refractivity contribution in [3.8, 4) is 5.75 Å². The Kier molecular flexibility index (Phi) is 5.35. The number of carbonyl (C=O) groups is 1. The third kappa shape index (κ3) is 4.07. The monoisotopic (exact) mass is 285 g/mol. The number of aliphatic hydroxyl groups is 1. The standard InChI is InChI=1S/C17H19NO3/c1-2-21-15-10-8-14(9-11-15)17(20)18-16(12-19)13-6-4-3-5-7-13/h3-11,16,19H,2,12H2,1H3,(H,18,20)/t16-/m0/s1. The summed E-state index contributed by atoms with van der Waals surface area (Å²) in [6, 6.07) is 15.9. The van der Waals surface area contributed by atoms with Crippen molar-refractivity contribution in [2.45, 2.75) is 13.0 Å². The molecule has 4 nitrogen and oxygen atoms in total. The van der Waals surface area contributed by atoms with Crippen LogP contribution in [0.1, 0.15) is 28.9 Å². The van der Waals surface area contributed by atoms with Crippen LogP contribution >= 0.6 is 0 Å². The molecule has 4 heteroatoms. The molecule has 0 fully saturated rings. The van der Waals surface area contributed by atoms with Crippen molar-refractivity contribution in [3.63, 3.8) is 0 Å². The Labute approximate surface area is 124 Å². The van der Waals surface area contributed by atoms with Crippen molar-refractivity contribution < 1.29 is 14.6 Å². The average molecular weight is 285 g/mol. The maximum Gasteiger partial charge on any atom is 0.251 e. The van der Waals surface area contributed by atoms with E-state index < -0.39 is 6.04 Å². The van der Waals surface area contributed by atoms with E-state index in [4.69, 9.17) is 4.74 Å². The molecule has 1 amide bonds. The van der Waals surface area contributed by atoms with Gasteiger partial charge >= 0.3 is 0 Å². The number of hydrogen-bond acceptors (Lipinski definition) is 3. The number of rotatable bonds is 6. The molecule has 1 atom stereocenters. The van der Waals surface area contributed by atoms with E-state index in [1.807, 2.05) is 37.3 Å². The third-order valence-electron chi connectivity index (χ3n) is 3.12. The molecule has 0 aliphatic heterocycles. The van der Waals surface area contributed by atoms with Gasteiger partial charge in [-0.1, -0.05) is 30.3 Å². The number of carbonyl (C=O) groups excluding carboxylic acids is 1. The molecule has 0 heterocycles. The van der Waals surface area contributed by atoms with Crippen LogP contribution in [0.2, 0.25) is 0 Å². The zero-order valence-corrected chi connectivity index (χ0v) is 12.0. The summed E-state index contributed by atoms with van der Waals surface area (Å²) < 4.78 is 5.34. The lowest BCUT2D eigenvalue weighted by molar-refractivity contribution is 0.0916. The SMILES string of the molecule is CCOc1ccc(C(=O)N[C@@H](CO)c2ccccc2)cc1. The van der Waals surface area contributed by atoms with Crippen LogP contribution in [0.15, 0.2) is 54.6 Å². The second-order valence-electron chi connectivity index (χ2n) is 4.58. The summed E-state index contributed by atoms with van der Waals surface area (Å²) in [6.07, 6.45) is 0. The quantitative estimate of drug-likeness (QED) is 0.857. The molecule has 2 N–H and O–H groups in total. The number of nitrogens with one attached hydrogen (secondary N) is 1. The van der Waals surface area contributed by atoms with Crippen LogP contribution in [0.3, 0.4) is 0 Å². The summed E-state index contributed by atoms with van der Waals surface area (Å²) in [5.74, 6) is 0.511. The van der Waals surface area contributed by atoms with E-state index >= 15 is 0 Å². The lowest BCUT2D eigenvalue weighted by Gasteiger charge is -2.16. The van der Waals surface area contributed by atoms with E-state index in [2.05, 4.69) is 5.32 Å².